The molecule has 0 saturated carbocycles. The monoisotopic (exact) mass is 245 g/mol. The average molecular weight is 245 g/mol. The van der Waals surface area contributed by atoms with Crippen molar-refractivity contribution in [2.45, 2.75) is 6.92 Å². The second kappa shape index (κ2) is 4.44. The van der Waals surface area contributed by atoms with Gasteiger partial charge in [-0.1, -0.05) is 6.07 Å². The molecule has 4 nitrogen and oxygen atoms in total. The van der Waals surface area contributed by atoms with Crippen molar-refractivity contribution in [3.8, 4) is 11.1 Å². The Labute approximate surface area is 103 Å². The Hall–Kier alpha value is -2.43. The van der Waals surface area contributed by atoms with Crippen LogP contribution in [0.1, 0.15) is 15.9 Å². The van der Waals surface area contributed by atoms with Crippen molar-refractivity contribution < 1.29 is 9.18 Å². The maximum absolute atomic E-state index is 13.7. The van der Waals surface area contributed by atoms with Gasteiger partial charge in [0.1, 0.15) is 11.6 Å². The van der Waals surface area contributed by atoms with Crippen LogP contribution < -0.4 is 11.5 Å². The van der Waals surface area contributed by atoms with Gasteiger partial charge in [-0.2, -0.15) is 0 Å². The van der Waals surface area contributed by atoms with Crippen LogP contribution in [0.4, 0.5) is 15.9 Å². The highest BCUT2D eigenvalue weighted by molar-refractivity contribution is 5.85. The molecule has 18 heavy (non-hydrogen) atoms. The lowest BCUT2D eigenvalue weighted by Crippen LogP contribution is -1.99. The van der Waals surface area contributed by atoms with Crippen LogP contribution in [0.3, 0.4) is 0 Å². The minimum atomic E-state index is -0.461. The standard InChI is InChI=1S/C13H12FN3O/c1-7-10(2-3-11(15)12(7)14)8-4-9(6-18)13(16)17-5-8/h2-6H,15H2,1H3,(H2,16,17). The number of hydrogen-bond acceptors (Lipinski definition) is 4. The molecule has 0 spiro atoms. The van der Waals surface area contributed by atoms with E-state index in [0.29, 0.717) is 23.0 Å². The summed E-state index contributed by atoms with van der Waals surface area (Å²) in [5.41, 5.74) is 13.1. The molecule has 1 aromatic carbocycles. The van der Waals surface area contributed by atoms with Gasteiger partial charge in [0.2, 0.25) is 0 Å². The number of halogens is 1. The van der Waals surface area contributed by atoms with Crippen LogP contribution in [0.5, 0.6) is 0 Å². The third kappa shape index (κ3) is 1.90. The molecule has 0 aliphatic carbocycles. The van der Waals surface area contributed by atoms with Gasteiger partial charge in [-0.05, 0) is 30.2 Å². The zero-order valence-corrected chi connectivity index (χ0v) is 9.77. The van der Waals surface area contributed by atoms with Crippen molar-refractivity contribution in [3.63, 3.8) is 0 Å². The van der Waals surface area contributed by atoms with Crippen molar-refractivity contribution in [1.82, 2.24) is 4.98 Å². The molecule has 2 aromatic rings. The van der Waals surface area contributed by atoms with Gasteiger partial charge in [-0.15, -0.1) is 0 Å². The van der Waals surface area contributed by atoms with Crippen LogP contribution in [0.15, 0.2) is 24.4 Å². The Bertz CT molecular complexity index is 626. The van der Waals surface area contributed by atoms with E-state index in [-0.39, 0.29) is 17.1 Å². The van der Waals surface area contributed by atoms with Gasteiger partial charge in [0.15, 0.2) is 6.29 Å². The zero-order valence-electron chi connectivity index (χ0n) is 9.77. The second-order valence-corrected chi connectivity index (χ2v) is 3.96. The molecular weight excluding hydrogens is 233 g/mol. The van der Waals surface area contributed by atoms with Crippen LogP contribution in [0, 0.1) is 12.7 Å². The quantitative estimate of drug-likeness (QED) is 0.627. The van der Waals surface area contributed by atoms with E-state index >= 15 is 0 Å². The molecular formula is C13H12FN3O. The molecule has 0 fully saturated rings. The first-order valence-electron chi connectivity index (χ1n) is 5.30. The fourth-order valence-electron chi connectivity index (χ4n) is 1.75. The van der Waals surface area contributed by atoms with Crippen LogP contribution in [-0.2, 0) is 0 Å². The highest BCUT2D eigenvalue weighted by Crippen LogP contribution is 2.28. The van der Waals surface area contributed by atoms with Gasteiger partial charge >= 0.3 is 0 Å². The SMILES string of the molecule is Cc1c(-c2cnc(N)c(C=O)c2)ccc(N)c1F. The lowest BCUT2D eigenvalue weighted by atomic mass is 10.00. The zero-order chi connectivity index (χ0) is 13.3. The lowest BCUT2D eigenvalue weighted by Gasteiger charge is -2.09. The van der Waals surface area contributed by atoms with Gasteiger partial charge in [-0.25, -0.2) is 9.37 Å². The smallest absolute Gasteiger partial charge is 0.153 e. The fraction of sp³-hybridized carbons (Fsp3) is 0.0769. The summed E-state index contributed by atoms with van der Waals surface area (Å²) >= 11 is 0. The molecule has 0 aliphatic rings. The summed E-state index contributed by atoms with van der Waals surface area (Å²) in [6, 6.07) is 4.75. The van der Waals surface area contributed by atoms with E-state index in [2.05, 4.69) is 4.98 Å². The Morgan fingerprint density at radius 1 is 1.33 bits per heavy atom. The Kier molecular flexibility index (Phi) is 2.97. The molecule has 1 aromatic heterocycles. The van der Waals surface area contributed by atoms with Gasteiger partial charge in [0, 0.05) is 11.8 Å². The van der Waals surface area contributed by atoms with Gasteiger partial charge in [-0.3, -0.25) is 4.79 Å². The van der Waals surface area contributed by atoms with Crippen LogP contribution in [0.25, 0.3) is 11.1 Å². The third-order valence-electron chi connectivity index (χ3n) is 2.80. The van der Waals surface area contributed by atoms with Crippen LogP contribution in [-0.4, -0.2) is 11.3 Å². The molecule has 0 aliphatic heterocycles. The Balaban J connectivity index is 2.62. The lowest BCUT2D eigenvalue weighted by molar-refractivity contribution is 0.112. The summed E-state index contributed by atoms with van der Waals surface area (Å²) in [5.74, 6) is -0.306. The molecule has 0 unspecified atom stereocenters. The van der Waals surface area contributed by atoms with E-state index < -0.39 is 5.82 Å². The predicted molar refractivity (Wildman–Crippen MR) is 68.6 cm³/mol. The number of carbonyl (C=O) groups excluding carboxylic acids is 1. The van der Waals surface area contributed by atoms with Crippen LogP contribution in [0.2, 0.25) is 0 Å². The first kappa shape index (κ1) is 12.0. The number of nitrogens with two attached hydrogens (primary N) is 2. The van der Waals surface area contributed by atoms with E-state index in [0.717, 1.165) is 0 Å². The predicted octanol–water partition coefficient (Wildman–Crippen LogP) is 2.17. The largest absolute Gasteiger partial charge is 0.396 e. The highest BCUT2D eigenvalue weighted by atomic mass is 19.1. The maximum Gasteiger partial charge on any atom is 0.153 e. The van der Waals surface area contributed by atoms with Gasteiger partial charge < -0.3 is 11.5 Å². The van der Waals surface area contributed by atoms with Crippen LogP contribution >= 0.6 is 0 Å². The molecule has 5 heteroatoms. The first-order valence-corrected chi connectivity index (χ1v) is 5.30. The molecule has 1 heterocycles. The number of benzene rings is 1. The normalized spacial score (nSPS) is 10.3. The molecule has 0 saturated heterocycles. The van der Waals surface area contributed by atoms with E-state index in [9.17, 15) is 9.18 Å². The van der Waals surface area contributed by atoms with E-state index in [4.69, 9.17) is 11.5 Å². The Morgan fingerprint density at radius 3 is 2.72 bits per heavy atom. The number of pyridine rings is 1. The Morgan fingerprint density at radius 2 is 2.06 bits per heavy atom. The van der Waals surface area contributed by atoms with Crippen molar-refractivity contribution >= 4 is 17.8 Å². The third-order valence-corrected chi connectivity index (χ3v) is 2.80. The summed E-state index contributed by atoms with van der Waals surface area (Å²) in [6.07, 6.45) is 2.12. The van der Waals surface area contributed by atoms with E-state index in [1.54, 1.807) is 19.1 Å². The molecule has 0 radical (unpaired) electrons. The number of carbonyl (C=O) groups is 1. The number of aromatic nitrogens is 1. The van der Waals surface area contributed by atoms with Crippen molar-refractivity contribution in [2.24, 2.45) is 0 Å². The number of nitrogen functional groups attached to an aromatic ring is 2. The van der Waals surface area contributed by atoms with Gasteiger partial charge in [0.25, 0.3) is 0 Å². The summed E-state index contributed by atoms with van der Waals surface area (Å²) < 4.78 is 13.7. The molecule has 0 bridgehead atoms. The number of nitrogens with zero attached hydrogens (tertiary/aromatic N) is 1. The van der Waals surface area contributed by atoms with Crippen molar-refractivity contribution in [3.05, 3.63) is 41.3 Å². The minimum Gasteiger partial charge on any atom is -0.396 e. The number of hydrogen-bond donors (Lipinski definition) is 2. The maximum atomic E-state index is 13.7. The second-order valence-electron chi connectivity index (χ2n) is 3.96. The fourth-order valence-corrected chi connectivity index (χ4v) is 1.75. The summed E-state index contributed by atoms with van der Waals surface area (Å²) in [7, 11) is 0. The first-order chi connectivity index (χ1) is 8.54. The number of rotatable bonds is 2. The summed E-state index contributed by atoms with van der Waals surface area (Å²) in [6.45, 7) is 1.62. The van der Waals surface area contributed by atoms with Crippen molar-refractivity contribution in [2.75, 3.05) is 11.5 Å². The number of anilines is 2. The summed E-state index contributed by atoms with van der Waals surface area (Å²) in [5, 5.41) is 0. The molecule has 0 atom stereocenters. The van der Waals surface area contributed by atoms with E-state index in [1.165, 1.54) is 12.3 Å². The highest BCUT2D eigenvalue weighted by Gasteiger charge is 2.11. The summed E-state index contributed by atoms with van der Waals surface area (Å²) in [4.78, 5) is 14.7. The van der Waals surface area contributed by atoms with E-state index in [1.807, 2.05) is 0 Å². The average Bonchev–Trinajstić information content (AvgIpc) is 2.37. The van der Waals surface area contributed by atoms with Gasteiger partial charge in [0.05, 0.1) is 11.3 Å². The molecule has 4 N–H and O–H groups in total. The molecule has 0 amide bonds. The number of aldehydes is 1. The topological polar surface area (TPSA) is 82.0 Å². The molecule has 2 rings (SSSR count). The van der Waals surface area contributed by atoms with Crippen molar-refractivity contribution in [1.29, 1.82) is 0 Å². The molecule has 92 valence electrons. The minimum absolute atomic E-state index is 0.0928.